The molecule has 0 spiro atoms. The van der Waals surface area contributed by atoms with Gasteiger partial charge in [0, 0.05) is 31.4 Å². The topological polar surface area (TPSA) is 41.1 Å². The summed E-state index contributed by atoms with van der Waals surface area (Å²) in [4.78, 5) is 10.7. The smallest absolute Gasteiger partial charge is 0.226 e. The van der Waals surface area contributed by atoms with Crippen LogP contribution in [-0.4, -0.2) is 36.1 Å². The van der Waals surface area contributed by atoms with Crippen molar-refractivity contribution in [1.29, 1.82) is 0 Å². The maximum Gasteiger partial charge on any atom is 0.226 e. The fourth-order valence-corrected chi connectivity index (χ4v) is 2.21. The van der Waals surface area contributed by atoms with E-state index < -0.39 is 0 Å². The molecule has 1 aliphatic heterocycles. The molecule has 0 bridgehead atoms. The maximum absolute atomic E-state index is 6.01. The van der Waals surface area contributed by atoms with Gasteiger partial charge in [-0.25, -0.2) is 9.97 Å². The molecule has 1 aromatic heterocycles. The zero-order valence-electron chi connectivity index (χ0n) is 10.4. The van der Waals surface area contributed by atoms with Crippen molar-refractivity contribution in [1.82, 2.24) is 15.3 Å². The molecule has 0 amide bonds. The van der Waals surface area contributed by atoms with Crippen LogP contribution in [0.15, 0.2) is 6.20 Å². The Hall–Kier alpha value is -0.870. The number of piperidine rings is 1. The van der Waals surface area contributed by atoms with E-state index in [9.17, 15) is 0 Å². The van der Waals surface area contributed by atoms with Crippen molar-refractivity contribution in [3.8, 4) is 0 Å². The van der Waals surface area contributed by atoms with Crippen molar-refractivity contribution in [3.63, 3.8) is 0 Å². The lowest BCUT2D eigenvalue weighted by atomic mass is 10.0. The average molecular weight is 255 g/mol. The molecule has 4 nitrogen and oxygen atoms in total. The number of hydrogen-bond acceptors (Lipinski definition) is 4. The van der Waals surface area contributed by atoms with Gasteiger partial charge >= 0.3 is 0 Å². The monoisotopic (exact) mass is 254 g/mol. The normalized spacial score (nSPS) is 20.3. The quantitative estimate of drug-likeness (QED) is 0.838. The van der Waals surface area contributed by atoms with Gasteiger partial charge in [-0.2, -0.15) is 0 Å². The summed E-state index contributed by atoms with van der Waals surface area (Å²) < 4.78 is 0. The summed E-state index contributed by atoms with van der Waals surface area (Å²) in [5.41, 5.74) is 0.916. The minimum Gasteiger partial charge on any atom is -0.342 e. The van der Waals surface area contributed by atoms with Crippen LogP contribution >= 0.6 is 11.6 Å². The van der Waals surface area contributed by atoms with Gasteiger partial charge in [0.2, 0.25) is 5.95 Å². The van der Waals surface area contributed by atoms with Gasteiger partial charge < -0.3 is 10.2 Å². The Balaban J connectivity index is 1.98. The van der Waals surface area contributed by atoms with Gasteiger partial charge in [0.15, 0.2) is 0 Å². The Kier molecular flexibility index (Phi) is 4.18. The molecule has 94 valence electrons. The second-order valence-corrected chi connectivity index (χ2v) is 5.03. The van der Waals surface area contributed by atoms with Crippen LogP contribution in [0.25, 0.3) is 0 Å². The van der Waals surface area contributed by atoms with E-state index in [4.69, 9.17) is 11.6 Å². The predicted molar refractivity (Wildman–Crippen MR) is 70.7 cm³/mol. The SMILES string of the molecule is Cc1cnc(N(C)C[C@@H]2CCCCN2)nc1Cl. The van der Waals surface area contributed by atoms with Crippen molar-refractivity contribution >= 4 is 17.5 Å². The molecule has 2 heterocycles. The molecule has 1 aliphatic rings. The summed E-state index contributed by atoms with van der Waals surface area (Å²) in [6, 6.07) is 0.539. The summed E-state index contributed by atoms with van der Waals surface area (Å²) in [5, 5.41) is 4.06. The van der Waals surface area contributed by atoms with E-state index in [2.05, 4.69) is 20.2 Å². The van der Waals surface area contributed by atoms with Gasteiger partial charge in [-0.1, -0.05) is 18.0 Å². The van der Waals surface area contributed by atoms with Crippen LogP contribution in [0.4, 0.5) is 5.95 Å². The molecule has 2 rings (SSSR count). The lowest BCUT2D eigenvalue weighted by molar-refractivity contribution is 0.402. The molecule has 0 aromatic carbocycles. The molecule has 5 heteroatoms. The Morgan fingerprint density at radius 3 is 3.00 bits per heavy atom. The van der Waals surface area contributed by atoms with Crippen LogP contribution in [0.5, 0.6) is 0 Å². The number of nitrogens with zero attached hydrogens (tertiary/aromatic N) is 3. The third-order valence-electron chi connectivity index (χ3n) is 3.15. The molecule has 1 atom stereocenters. The maximum atomic E-state index is 6.01. The van der Waals surface area contributed by atoms with Crippen molar-refractivity contribution in [2.24, 2.45) is 0 Å². The van der Waals surface area contributed by atoms with E-state index in [1.54, 1.807) is 6.20 Å². The van der Waals surface area contributed by atoms with E-state index >= 15 is 0 Å². The summed E-state index contributed by atoms with van der Waals surface area (Å²) in [7, 11) is 2.01. The van der Waals surface area contributed by atoms with E-state index in [0.717, 1.165) is 18.7 Å². The molecule has 1 aromatic rings. The number of hydrogen-bond donors (Lipinski definition) is 1. The summed E-state index contributed by atoms with van der Waals surface area (Å²) >= 11 is 6.01. The minimum atomic E-state index is 0.539. The Labute approximate surface area is 107 Å². The first-order chi connectivity index (χ1) is 8.16. The lowest BCUT2D eigenvalue weighted by Gasteiger charge is -2.28. The number of anilines is 1. The van der Waals surface area contributed by atoms with Crippen molar-refractivity contribution in [2.45, 2.75) is 32.2 Å². The van der Waals surface area contributed by atoms with Crippen LogP contribution in [-0.2, 0) is 0 Å². The first kappa shape index (κ1) is 12.6. The molecular weight excluding hydrogens is 236 g/mol. The van der Waals surface area contributed by atoms with Crippen LogP contribution in [0.1, 0.15) is 24.8 Å². The molecule has 0 aliphatic carbocycles. The second kappa shape index (κ2) is 5.65. The highest BCUT2D eigenvalue weighted by molar-refractivity contribution is 6.30. The zero-order chi connectivity index (χ0) is 12.3. The molecule has 17 heavy (non-hydrogen) atoms. The fraction of sp³-hybridized carbons (Fsp3) is 0.667. The third-order valence-corrected chi connectivity index (χ3v) is 3.53. The number of halogens is 1. The largest absolute Gasteiger partial charge is 0.342 e. The van der Waals surface area contributed by atoms with Crippen LogP contribution in [0.2, 0.25) is 5.15 Å². The Bertz CT molecular complexity index is 377. The molecule has 1 fully saturated rings. The molecular formula is C12H19ClN4. The van der Waals surface area contributed by atoms with E-state index in [0.29, 0.717) is 17.1 Å². The predicted octanol–water partition coefficient (Wildman–Crippen LogP) is 2.02. The molecule has 1 N–H and O–H groups in total. The number of nitrogens with one attached hydrogen (secondary N) is 1. The third kappa shape index (κ3) is 3.30. The van der Waals surface area contributed by atoms with Crippen LogP contribution < -0.4 is 10.2 Å². The summed E-state index contributed by atoms with van der Waals surface area (Å²) in [6.07, 6.45) is 5.59. The molecule has 0 unspecified atom stereocenters. The van der Waals surface area contributed by atoms with Gasteiger partial charge in [0.1, 0.15) is 5.15 Å². The summed E-state index contributed by atoms with van der Waals surface area (Å²) in [6.45, 7) is 3.96. The highest BCUT2D eigenvalue weighted by Gasteiger charge is 2.16. The fourth-order valence-electron chi connectivity index (χ4n) is 2.09. The second-order valence-electron chi connectivity index (χ2n) is 4.67. The summed E-state index contributed by atoms with van der Waals surface area (Å²) in [5.74, 6) is 0.702. The van der Waals surface area contributed by atoms with E-state index in [-0.39, 0.29) is 0 Å². The lowest BCUT2D eigenvalue weighted by Crippen LogP contribution is -2.42. The highest BCUT2D eigenvalue weighted by atomic mass is 35.5. The van der Waals surface area contributed by atoms with Crippen molar-refractivity contribution in [3.05, 3.63) is 16.9 Å². The van der Waals surface area contributed by atoms with Crippen molar-refractivity contribution < 1.29 is 0 Å². The number of rotatable bonds is 3. The number of aryl methyl sites for hydroxylation is 1. The van der Waals surface area contributed by atoms with Gasteiger partial charge in [-0.15, -0.1) is 0 Å². The molecule has 0 radical (unpaired) electrons. The molecule has 0 saturated carbocycles. The average Bonchev–Trinajstić information content (AvgIpc) is 2.34. The first-order valence-corrected chi connectivity index (χ1v) is 6.48. The Morgan fingerprint density at radius 2 is 2.35 bits per heavy atom. The van der Waals surface area contributed by atoms with E-state index in [1.807, 2.05) is 14.0 Å². The molecule has 1 saturated heterocycles. The Morgan fingerprint density at radius 1 is 1.53 bits per heavy atom. The van der Waals surface area contributed by atoms with Gasteiger partial charge in [0.05, 0.1) is 0 Å². The minimum absolute atomic E-state index is 0.539. The van der Waals surface area contributed by atoms with Gasteiger partial charge in [0.25, 0.3) is 0 Å². The standard InChI is InChI=1S/C12H19ClN4/c1-9-7-15-12(16-11(9)13)17(2)8-10-5-3-4-6-14-10/h7,10,14H,3-6,8H2,1-2H3/t10-/m0/s1. The number of likely N-dealkylation sites (N-methyl/N-ethyl adjacent to an activating group) is 1. The van der Waals surface area contributed by atoms with E-state index in [1.165, 1.54) is 19.3 Å². The highest BCUT2D eigenvalue weighted by Crippen LogP contribution is 2.16. The van der Waals surface area contributed by atoms with Gasteiger partial charge in [-0.3, -0.25) is 0 Å². The van der Waals surface area contributed by atoms with Gasteiger partial charge in [-0.05, 0) is 26.3 Å². The van der Waals surface area contributed by atoms with Crippen LogP contribution in [0, 0.1) is 6.92 Å². The van der Waals surface area contributed by atoms with Crippen LogP contribution in [0.3, 0.4) is 0 Å². The zero-order valence-corrected chi connectivity index (χ0v) is 11.2. The number of aromatic nitrogens is 2. The first-order valence-electron chi connectivity index (χ1n) is 6.10. The van der Waals surface area contributed by atoms with Crippen molar-refractivity contribution in [2.75, 3.05) is 25.0 Å².